The van der Waals surface area contributed by atoms with Crippen LogP contribution in [-0.4, -0.2) is 6.36 Å². The van der Waals surface area contributed by atoms with Crippen LogP contribution in [-0.2, 0) is 0 Å². The molecular formula is C8H5BrF3O. The van der Waals surface area contributed by atoms with Gasteiger partial charge < -0.3 is 4.74 Å². The molecule has 0 aliphatic rings. The molecule has 1 aromatic carbocycles. The molecule has 0 atom stereocenters. The zero-order chi connectivity index (χ0) is 10.1. The van der Waals surface area contributed by atoms with Gasteiger partial charge in [-0.1, -0.05) is 15.9 Å². The summed E-state index contributed by atoms with van der Waals surface area (Å²) in [4.78, 5) is 0. The molecule has 0 heterocycles. The van der Waals surface area contributed by atoms with Crippen molar-refractivity contribution in [3.63, 3.8) is 0 Å². The largest absolute Gasteiger partial charge is 0.573 e. The minimum Gasteiger partial charge on any atom is -0.406 e. The third kappa shape index (κ3) is 3.26. The minimum absolute atomic E-state index is 0.187. The molecule has 1 rings (SSSR count). The van der Waals surface area contributed by atoms with Gasteiger partial charge in [0.25, 0.3) is 0 Å². The molecule has 1 radical (unpaired) electrons. The van der Waals surface area contributed by atoms with Crippen molar-refractivity contribution >= 4 is 15.9 Å². The van der Waals surface area contributed by atoms with E-state index >= 15 is 0 Å². The van der Waals surface area contributed by atoms with Gasteiger partial charge in [-0.15, -0.1) is 13.2 Å². The van der Waals surface area contributed by atoms with E-state index in [1.54, 1.807) is 0 Å². The highest BCUT2D eigenvalue weighted by atomic mass is 79.9. The molecule has 0 amide bonds. The summed E-state index contributed by atoms with van der Waals surface area (Å²) < 4.78 is 39.6. The maximum Gasteiger partial charge on any atom is 0.573 e. The first-order chi connectivity index (χ1) is 5.88. The first-order valence-corrected chi connectivity index (χ1v) is 4.05. The van der Waals surface area contributed by atoms with E-state index in [-0.39, 0.29) is 11.3 Å². The topological polar surface area (TPSA) is 9.23 Å². The van der Waals surface area contributed by atoms with Crippen molar-refractivity contribution in [2.75, 3.05) is 0 Å². The second-order valence-corrected chi connectivity index (χ2v) is 3.22. The Labute approximate surface area is 81.6 Å². The zero-order valence-electron chi connectivity index (χ0n) is 6.36. The van der Waals surface area contributed by atoms with Gasteiger partial charge >= 0.3 is 6.36 Å². The maximum absolute atomic E-state index is 11.8. The van der Waals surface area contributed by atoms with Crippen LogP contribution in [0.4, 0.5) is 13.2 Å². The highest BCUT2D eigenvalue weighted by Gasteiger charge is 2.31. The van der Waals surface area contributed by atoms with E-state index in [9.17, 15) is 13.2 Å². The highest BCUT2D eigenvalue weighted by Crippen LogP contribution is 2.27. The van der Waals surface area contributed by atoms with Gasteiger partial charge in [0.15, 0.2) is 0 Å². The Balaban J connectivity index is 2.90. The summed E-state index contributed by atoms with van der Waals surface area (Å²) in [6.45, 7) is 3.41. The van der Waals surface area contributed by atoms with E-state index in [0.29, 0.717) is 4.47 Å². The average molecular weight is 254 g/mol. The second kappa shape index (κ2) is 3.57. The summed E-state index contributed by atoms with van der Waals surface area (Å²) in [6, 6.07) is 4.11. The molecule has 0 unspecified atom stereocenters. The van der Waals surface area contributed by atoms with E-state index < -0.39 is 6.36 Å². The Kier molecular flexibility index (Phi) is 2.85. The number of hydrogen-bond donors (Lipinski definition) is 0. The molecular weight excluding hydrogens is 249 g/mol. The van der Waals surface area contributed by atoms with Gasteiger partial charge in [-0.2, -0.15) is 0 Å². The molecule has 0 spiro atoms. The molecule has 71 valence electrons. The minimum atomic E-state index is -4.67. The number of ether oxygens (including phenoxy) is 1. The van der Waals surface area contributed by atoms with E-state index in [2.05, 4.69) is 27.6 Å². The number of benzene rings is 1. The molecule has 5 heteroatoms. The maximum atomic E-state index is 11.8. The molecule has 13 heavy (non-hydrogen) atoms. The van der Waals surface area contributed by atoms with Crippen LogP contribution in [0.3, 0.4) is 0 Å². The van der Waals surface area contributed by atoms with E-state index in [4.69, 9.17) is 0 Å². The molecule has 0 aliphatic carbocycles. The van der Waals surface area contributed by atoms with E-state index in [0.717, 1.165) is 0 Å². The van der Waals surface area contributed by atoms with Crippen molar-refractivity contribution in [2.45, 2.75) is 6.36 Å². The zero-order valence-corrected chi connectivity index (χ0v) is 7.95. The fraction of sp³-hybridized carbons (Fsp3) is 0.125. The molecule has 0 saturated heterocycles. The molecule has 0 saturated carbocycles. The second-order valence-electron chi connectivity index (χ2n) is 2.30. The van der Waals surface area contributed by atoms with Crippen molar-refractivity contribution in [1.82, 2.24) is 0 Å². The molecule has 0 aromatic heterocycles. The molecule has 1 aromatic rings. The van der Waals surface area contributed by atoms with Gasteiger partial charge in [-0.25, -0.2) is 0 Å². The average Bonchev–Trinajstić information content (AvgIpc) is 1.93. The molecule has 0 N–H and O–H groups in total. The molecule has 0 fully saturated rings. The van der Waals surface area contributed by atoms with Crippen LogP contribution in [0.2, 0.25) is 0 Å². The standard InChI is InChI=1S/C8H5BrF3O/c1-5-4-6(9)2-3-7(5)13-8(10,11)12/h2-4H,1H2. The van der Waals surface area contributed by atoms with Gasteiger partial charge in [0.2, 0.25) is 0 Å². The molecule has 1 nitrogen and oxygen atoms in total. The summed E-state index contributed by atoms with van der Waals surface area (Å²) in [5.74, 6) is -0.282. The Bertz CT molecular complexity index is 309. The Morgan fingerprint density at radius 2 is 1.92 bits per heavy atom. The van der Waals surface area contributed by atoms with E-state index in [1.807, 2.05) is 0 Å². The summed E-state index contributed by atoms with van der Waals surface area (Å²) >= 11 is 3.10. The lowest BCUT2D eigenvalue weighted by Crippen LogP contribution is -2.17. The van der Waals surface area contributed by atoms with Crippen LogP contribution in [0, 0.1) is 6.92 Å². The van der Waals surface area contributed by atoms with E-state index in [1.165, 1.54) is 18.2 Å². The predicted molar refractivity (Wildman–Crippen MR) is 45.3 cm³/mol. The highest BCUT2D eigenvalue weighted by molar-refractivity contribution is 9.10. The first kappa shape index (κ1) is 10.4. The lowest BCUT2D eigenvalue weighted by molar-refractivity contribution is -0.274. The van der Waals surface area contributed by atoms with Gasteiger partial charge in [0, 0.05) is 4.47 Å². The number of rotatable bonds is 1. The van der Waals surface area contributed by atoms with Crippen molar-refractivity contribution < 1.29 is 17.9 Å². The summed E-state index contributed by atoms with van der Waals surface area (Å²) in [5.41, 5.74) is 0.187. The summed E-state index contributed by atoms with van der Waals surface area (Å²) in [7, 11) is 0. The Hall–Kier alpha value is -0.710. The third-order valence-corrected chi connectivity index (χ3v) is 1.74. The van der Waals surface area contributed by atoms with Crippen molar-refractivity contribution in [3.05, 3.63) is 35.2 Å². The van der Waals surface area contributed by atoms with Gasteiger partial charge in [0.1, 0.15) is 5.75 Å². The van der Waals surface area contributed by atoms with Crippen LogP contribution in [0.1, 0.15) is 5.56 Å². The van der Waals surface area contributed by atoms with Gasteiger partial charge in [-0.3, -0.25) is 0 Å². The monoisotopic (exact) mass is 253 g/mol. The lowest BCUT2D eigenvalue weighted by atomic mass is 10.2. The SMILES string of the molecule is [CH2]c1cc(Br)ccc1OC(F)(F)F. The van der Waals surface area contributed by atoms with Crippen molar-refractivity contribution in [2.24, 2.45) is 0 Å². The predicted octanol–water partition coefficient (Wildman–Crippen LogP) is 3.53. The Morgan fingerprint density at radius 3 is 2.38 bits per heavy atom. The van der Waals surface area contributed by atoms with Crippen LogP contribution in [0.25, 0.3) is 0 Å². The normalized spacial score (nSPS) is 11.5. The number of halogens is 4. The summed E-state index contributed by atoms with van der Waals surface area (Å²) in [6.07, 6.45) is -4.67. The number of hydrogen-bond acceptors (Lipinski definition) is 1. The fourth-order valence-corrected chi connectivity index (χ4v) is 1.18. The first-order valence-electron chi connectivity index (χ1n) is 3.26. The van der Waals surface area contributed by atoms with Crippen molar-refractivity contribution in [3.8, 4) is 5.75 Å². The van der Waals surface area contributed by atoms with Crippen LogP contribution in [0.5, 0.6) is 5.75 Å². The lowest BCUT2D eigenvalue weighted by Gasteiger charge is -2.10. The van der Waals surface area contributed by atoms with Crippen LogP contribution in [0.15, 0.2) is 22.7 Å². The number of alkyl halides is 3. The van der Waals surface area contributed by atoms with Crippen LogP contribution < -0.4 is 4.74 Å². The van der Waals surface area contributed by atoms with Crippen LogP contribution >= 0.6 is 15.9 Å². The quantitative estimate of drug-likeness (QED) is 0.744. The van der Waals surface area contributed by atoms with Gasteiger partial charge in [-0.05, 0) is 30.7 Å². The molecule has 0 aliphatic heterocycles. The summed E-state index contributed by atoms with van der Waals surface area (Å²) in [5, 5.41) is 0. The third-order valence-electron chi connectivity index (χ3n) is 1.25. The van der Waals surface area contributed by atoms with Gasteiger partial charge in [0.05, 0.1) is 0 Å². The van der Waals surface area contributed by atoms with Crippen molar-refractivity contribution in [1.29, 1.82) is 0 Å². The Morgan fingerprint density at radius 1 is 1.31 bits per heavy atom. The fourth-order valence-electron chi connectivity index (χ4n) is 0.772. The molecule has 0 bridgehead atoms. The smallest absolute Gasteiger partial charge is 0.406 e.